The summed E-state index contributed by atoms with van der Waals surface area (Å²) < 4.78 is 0. The molecule has 0 radical (unpaired) electrons. The van der Waals surface area contributed by atoms with Crippen LogP contribution in [0.4, 0.5) is 0 Å². The summed E-state index contributed by atoms with van der Waals surface area (Å²) in [4.78, 5) is 10.9. The van der Waals surface area contributed by atoms with Crippen molar-refractivity contribution in [2.24, 2.45) is 5.92 Å². The summed E-state index contributed by atoms with van der Waals surface area (Å²) in [5.41, 5.74) is 3.19. The number of amides is 1. The smallest absolute Gasteiger partial charge is 0.267 e. The van der Waals surface area contributed by atoms with Gasteiger partial charge in [-0.2, -0.15) is 5.26 Å². The van der Waals surface area contributed by atoms with Gasteiger partial charge in [0.05, 0.1) is 12.0 Å². The molecule has 3 N–H and O–H groups in total. The molecule has 11 heavy (non-hydrogen) atoms. The lowest BCUT2D eigenvalue weighted by Gasteiger charge is -2.31. The minimum absolute atomic E-state index is 0.273. The quantitative estimate of drug-likeness (QED) is 0.398. The zero-order valence-corrected chi connectivity index (χ0v) is 6.09. The summed E-state index contributed by atoms with van der Waals surface area (Å²) in [7, 11) is 0. The minimum Gasteiger partial charge on any atom is -0.379 e. The van der Waals surface area contributed by atoms with E-state index in [0.29, 0.717) is 0 Å². The largest absolute Gasteiger partial charge is 0.379 e. The number of carbonyl (C=O) groups is 1. The molecule has 2 atom stereocenters. The van der Waals surface area contributed by atoms with E-state index >= 15 is 0 Å². The van der Waals surface area contributed by atoms with E-state index < -0.39 is 17.4 Å². The van der Waals surface area contributed by atoms with Crippen LogP contribution in [0.15, 0.2) is 0 Å². The molecule has 5 nitrogen and oxygen atoms in total. The SMILES string of the molecule is CC1(O)C(=O)NNCC1C#N. The number of hydrazine groups is 1. The third-order valence-electron chi connectivity index (χ3n) is 1.80. The highest BCUT2D eigenvalue weighted by atomic mass is 16.3. The Morgan fingerprint density at radius 3 is 3.00 bits per heavy atom. The van der Waals surface area contributed by atoms with Crippen molar-refractivity contribution in [1.82, 2.24) is 10.9 Å². The third kappa shape index (κ3) is 1.18. The molecular weight excluding hydrogens is 146 g/mol. The Labute approximate surface area is 64.0 Å². The lowest BCUT2D eigenvalue weighted by Crippen LogP contribution is -2.61. The fraction of sp³-hybridized carbons (Fsp3) is 0.667. The first-order valence-electron chi connectivity index (χ1n) is 3.24. The van der Waals surface area contributed by atoms with Gasteiger partial charge in [-0.1, -0.05) is 0 Å². The molecule has 0 aromatic heterocycles. The van der Waals surface area contributed by atoms with E-state index in [1.54, 1.807) is 0 Å². The van der Waals surface area contributed by atoms with Gasteiger partial charge in [0.2, 0.25) is 0 Å². The molecule has 60 valence electrons. The molecule has 1 amide bonds. The number of aliphatic hydroxyl groups is 1. The molecule has 0 spiro atoms. The second-order valence-electron chi connectivity index (χ2n) is 2.66. The summed E-state index contributed by atoms with van der Waals surface area (Å²) in [5.74, 6) is -1.24. The average Bonchev–Trinajstić information content (AvgIpc) is 1.95. The maximum absolute atomic E-state index is 10.9. The first-order chi connectivity index (χ1) is 5.09. The molecule has 0 bridgehead atoms. The predicted molar refractivity (Wildman–Crippen MR) is 35.9 cm³/mol. The summed E-state index contributed by atoms with van der Waals surface area (Å²) in [5, 5.41) is 17.9. The van der Waals surface area contributed by atoms with E-state index in [1.807, 2.05) is 6.07 Å². The molecule has 5 heteroatoms. The maximum Gasteiger partial charge on any atom is 0.267 e. The van der Waals surface area contributed by atoms with Crippen molar-refractivity contribution < 1.29 is 9.90 Å². The number of rotatable bonds is 0. The Hall–Kier alpha value is -1.12. The van der Waals surface area contributed by atoms with Crippen LogP contribution in [0.1, 0.15) is 6.92 Å². The van der Waals surface area contributed by atoms with Crippen molar-refractivity contribution in [3.05, 3.63) is 0 Å². The molecule has 0 saturated carbocycles. The van der Waals surface area contributed by atoms with Crippen molar-refractivity contribution in [2.75, 3.05) is 6.54 Å². The number of nitriles is 1. The standard InChI is InChI=1S/C6H9N3O2/c1-6(11)4(2-7)3-8-9-5(6)10/h4,8,11H,3H2,1H3,(H,9,10). The van der Waals surface area contributed by atoms with Crippen LogP contribution in [0.2, 0.25) is 0 Å². The van der Waals surface area contributed by atoms with E-state index in [4.69, 9.17) is 5.26 Å². The molecule has 1 aliphatic heterocycles. The minimum atomic E-state index is -1.57. The summed E-state index contributed by atoms with van der Waals surface area (Å²) in [6.07, 6.45) is 0. The Kier molecular flexibility index (Phi) is 1.81. The molecular formula is C6H9N3O2. The van der Waals surface area contributed by atoms with E-state index in [1.165, 1.54) is 6.92 Å². The lowest BCUT2D eigenvalue weighted by atomic mass is 9.88. The Bertz CT molecular complexity index is 218. The van der Waals surface area contributed by atoms with Crippen molar-refractivity contribution in [3.8, 4) is 6.07 Å². The summed E-state index contributed by atoms with van der Waals surface area (Å²) >= 11 is 0. The van der Waals surface area contributed by atoms with Crippen LogP contribution >= 0.6 is 0 Å². The van der Waals surface area contributed by atoms with Gasteiger partial charge in [-0.15, -0.1) is 0 Å². The number of nitrogens with zero attached hydrogens (tertiary/aromatic N) is 1. The number of carbonyl (C=O) groups excluding carboxylic acids is 1. The molecule has 0 aromatic rings. The summed E-state index contributed by atoms with van der Waals surface area (Å²) in [6, 6.07) is 1.85. The molecule has 0 aliphatic carbocycles. The van der Waals surface area contributed by atoms with E-state index in [9.17, 15) is 9.90 Å². The fourth-order valence-corrected chi connectivity index (χ4v) is 0.888. The molecule has 0 aromatic carbocycles. The van der Waals surface area contributed by atoms with Crippen LogP contribution in [0, 0.1) is 17.2 Å². The highest BCUT2D eigenvalue weighted by Crippen LogP contribution is 2.17. The van der Waals surface area contributed by atoms with Crippen LogP contribution < -0.4 is 10.9 Å². The van der Waals surface area contributed by atoms with Gasteiger partial charge < -0.3 is 5.11 Å². The van der Waals surface area contributed by atoms with Gasteiger partial charge in [-0.05, 0) is 6.92 Å². The second kappa shape index (κ2) is 2.49. The highest BCUT2D eigenvalue weighted by Gasteiger charge is 2.42. The Morgan fingerprint density at radius 1 is 1.91 bits per heavy atom. The number of hydrogen-bond donors (Lipinski definition) is 3. The highest BCUT2D eigenvalue weighted by molar-refractivity contribution is 5.85. The zero-order valence-electron chi connectivity index (χ0n) is 6.09. The van der Waals surface area contributed by atoms with Gasteiger partial charge in [0.1, 0.15) is 0 Å². The van der Waals surface area contributed by atoms with E-state index in [-0.39, 0.29) is 6.54 Å². The first kappa shape index (κ1) is 7.98. The van der Waals surface area contributed by atoms with Gasteiger partial charge in [-0.25, -0.2) is 5.43 Å². The van der Waals surface area contributed by atoms with Gasteiger partial charge in [0.25, 0.3) is 5.91 Å². The average molecular weight is 155 g/mol. The monoisotopic (exact) mass is 155 g/mol. The third-order valence-corrected chi connectivity index (χ3v) is 1.80. The number of nitrogens with one attached hydrogen (secondary N) is 2. The van der Waals surface area contributed by atoms with Gasteiger partial charge >= 0.3 is 0 Å². The molecule has 2 unspecified atom stereocenters. The fourth-order valence-electron chi connectivity index (χ4n) is 0.888. The normalized spacial score (nSPS) is 37.5. The van der Waals surface area contributed by atoms with Gasteiger partial charge in [0, 0.05) is 6.54 Å². The van der Waals surface area contributed by atoms with Crippen LogP contribution in [0.25, 0.3) is 0 Å². The number of hydrogen-bond acceptors (Lipinski definition) is 4. The van der Waals surface area contributed by atoms with Crippen LogP contribution in [0.5, 0.6) is 0 Å². The first-order valence-corrected chi connectivity index (χ1v) is 3.24. The van der Waals surface area contributed by atoms with E-state index in [0.717, 1.165) is 0 Å². The van der Waals surface area contributed by atoms with E-state index in [2.05, 4.69) is 10.9 Å². The topological polar surface area (TPSA) is 85.2 Å². The Balaban J connectivity index is 2.83. The molecule has 1 fully saturated rings. The van der Waals surface area contributed by atoms with Crippen LogP contribution in [-0.4, -0.2) is 23.2 Å². The zero-order chi connectivity index (χ0) is 8.48. The Morgan fingerprint density at radius 2 is 2.55 bits per heavy atom. The van der Waals surface area contributed by atoms with Gasteiger partial charge in [0.15, 0.2) is 5.60 Å². The predicted octanol–water partition coefficient (Wildman–Crippen LogP) is -1.49. The molecule has 1 heterocycles. The van der Waals surface area contributed by atoms with Crippen molar-refractivity contribution in [3.63, 3.8) is 0 Å². The summed E-state index contributed by atoms with van der Waals surface area (Å²) in [6.45, 7) is 1.60. The lowest BCUT2D eigenvalue weighted by molar-refractivity contribution is -0.146. The van der Waals surface area contributed by atoms with Gasteiger partial charge in [-0.3, -0.25) is 10.2 Å². The van der Waals surface area contributed by atoms with Crippen molar-refractivity contribution in [1.29, 1.82) is 5.26 Å². The van der Waals surface area contributed by atoms with Crippen LogP contribution in [-0.2, 0) is 4.79 Å². The van der Waals surface area contributed by atoms with Crippen molar-refractivity contribution >= 4 is 5.91 Å². The second-order valence-corrected chi connectivity index (χ2v) is 2.66. The van der Waals surface area contributed by atoms with Crippen LogP contribution in [0.3, 0.4) is 0 Å². The maximum atomic E-state index is 10.9. The van der Waals surface area contributed by atoms with Crippen molar-refractivity contribution in [2.45, 2.75) is 12.5 Å². The molecule has 1 rings (SSSR count). The molecule has 1 aliphatic rings. The molecule has 1 saturated heterocycles.